The van der Waals surface area contributed by atoms with Gasteiger partial charge in [-0.3, -0.25) is 4.79 Å². The second kappa shape index (κ2) is 5.98. The van der Waals surface area contributed by atoms with E-state index in [0.29, 0.717) is 36.2 Å². The highest BCUT2D eigenvalue weighted by atomic mass is 79.9. The van der Waals surface area contributed by atoms with Gasteiger partial charge in [0.1, 0.15) is 4.21 Å². The van der Waals surface area contributed by atoms with E-state index in [0.717, 1.165) is 16.6 Å². The number of halogens is 1. The lowest BCUT2D eigenvalue weighted by molar-refractivity contribution is -0.126. The molecule has 1 N–H and O–H groups in total. The molecule has 1 aromatic rings. The van der Waals surface area contributed by atoms with Crippen molar-refractivity contribution in [3.8, 4) is 0 Å². The Morgan fingerprint density at radius 3 is 2.43 bits per heavy atom. The Bertz CT molecular complexity index is 632. The highest BCUT2D eigenvalue weighted by Crippen LogP contribution is 2.31. The van der Waals surface area contributed by atoms with Crippen molar-refractivity contribution in [2.24, 2.45) is 5.92 Å². The lowest BCUT2D eigenvalue weighted by atomic mass is 9.97. The van der Waals surface area contributed by atoms with E-state index in [-0.39, 0.29) is 11.8 Å². The molecule has 1 saturated carbocycles. The molecule has 1 aliphatic heterocycles. The molecule has 3 rings (SSSR count). The van der Waals surface area contributed by atoms with Crippen molar-refractivity contribution in [2.75, 3.05) is 13.1 Å². The van der Waals surface area contributed by atoms with Crippen LogP contribution in [0.2, 0.25) is 0 Å². The number of carbonyl (C=O) groups is 1. The minimum Gasteiger partial charge on any atom is -0.353 e. The Hall–Kier alpha value is -0.440. The zero-order valence-electron chi connectivity index (χ0n) is 11.4. The molecule has 1 saturated heterocycles. The van der Waals surface area contributed by atoms with Crippen LogP contribution < -0.4 is 5.32 Å². The van der Waals surface area contributed by atoms with Crippen LogP contribution in [0.15, 0.2) is 20.1 Å². The summed E-state index contributed by atoms with van der Waals surface area (Å²) in [6, 6.07) is 3.73. The molecular formula is C13H17BrN2O3S2. The molecule has 21 heavy (non-hydrogen) atoms. The van der Waals surface area contributed by atoms with Crippen LogP contribution in [-0.4, -0.2) is 37.8 Å². The molecule has 5 nitrogen and oxygen atoms in total. The fourth-order valence-electron chi connectivity index (χ4n) is 2.47. The Labute approximate surface area is 136 Å². The summed E-state index contributed by atoms with van der Waals surface area (Å²) in [5.41, 5.74) is 0. The maximum Gasteiger partial charge on any atom is 0.252 e. The van der Waals surface area contributed by atoms with Gasteiger partial charge in [-0.1, -0.05) is 0 Å². The van der Waals surface area contributed by atoms with Gasteiger partial charge in [0.15, 0.2) is 0 Å². The summed E-state index contributed by atoms with van der Waals surface area (Å²) in [4.78, 5) is 12.0. The van der Waals surface area contributed by atoms with E-state index in [1.807, 2.05) is 0 Å². The van der Waals surface area contributed by atoms with Crippen molar-refractivity contribution in [2.45, 2.75) is 35.9 Å². The SMILES string of the molecule is O=C(NC1CC1)C1CCN(S(=O)(=O)c2ccc(Br)s2)CC1. The molecular weight excluding hydrogens is 376 g/mol. The van der Waals surface area contributed by atoms with Crippen molar-refractivity contribution in [3.63, 3.8) is 0 Å². The van der Waals surface area contributed by atoms with E-state index < -0.39 is 10.0 Å². The van der Waals surface area contributed by atoms with Gasteiger partial charge < -0.3 is 5.32 Å². The number of amides is 1. The van der Waals surface area contributed by atoms with E-state index in [2.05, 4.69) is 21.2 Å². The second-order valence-electron chi connectivity index (χ2n) is 5.52. The van der Waals surface area contributed by atoms with Gasteiger partial charge >= 0.3 is 0 Å². The lowest BCUT2D eigenvalue weighted by Gasteiger charge is -2.30. The highest BCUT2D eigenvalue weighted by Gasteiger charge is 2.34. The summed E-state index contributed by atoms with van der Waals surface area (Å²) in [6.45, 7) is 0.835. The molecule has 0 unspecified atom stereocenters. The second-order valence-corrected chi connectivity index (χ2v) is 10.1. The van der Waals surface area contributed by atoms with Gasteiger partial charge in [0.25, 0.3) is 10.0 Å². The topological polar surface area (TPSA) is 66.5 Å². The Morgan fingerprint density at radius 2 is 1.90 bits per heavy atom. The molecule has 2 fully saturated rings. The van der Waals surface area contributed by atoms with Crippen LogP contribution in [0.3, 0.4) is 0 Å². The largest absolute Gasteiger partial charge is 0.353 e. The summed E-state index contributed by atoms with van der Waals surface area (Å²) in [5, 5.41) is 3.00. The zero-order valence-corrected chi connectivity index (χ0v) is 14.6. The monoisotopic (exact) mass is 392 g/mol. The third kappa shape index (κ3) is 3.49. The van der Waals surface area contributed by atoms with Gasteiger partial charge in [0.05, 0.1) is 3.79 Å². The zero-order chi connectivity index (χ0) is 15.0. The predicted molar refractivity (Wildman–Crippen MR) is 84.7 cm³/mol. The maximum absolute atomic E-state index is 12.5. The number of nitrogens with zero attached hydrogens (tertiary/aromatic N) is 1. The molecule has 1 aromatic heterocycles. The van der Waals surface area contributed by atoms with Crippen molar-refractivity contribution in [1.82, 2.24) is 9.62 Å². The molecule has 2 aliphatic rings. The molecule has 1 aliphatic carbocycles. The van der Waals surface area contributed by atoms with E-state index in [9.17, 15) is 13.2 Å². The predicted octanol–water partition coefficient (Wildman–Crippen LogP) is 2.19. The quantitative estimate of drug-likeness (QED) is 0.853. The number of thiophene rings is 1. The number of hydrogen-bond acceptors (Lipinski definition) is 4. The first-order valence-electron chi connectivity index (χ1n) is 7.02. The van der Waals surface area contributed by atoms with Gasteiger partial charge in [-0.2, -0.15) is 4.31 Å². The normalized spacial score (nSPS) is 21.4. The molecule has 1 amide bonds. The van der Waals surface area contributed by atoms with Gasteiger partial charge in [-0.15, -0.1) is 11.3 Å². The Morgan fingerprint density at radius 1 is 1.24 bits per heavy atom. The molecule has 116 valence electrons. The lowest BCUT2D eigenvalue weighted by Crippen LogP contribution is -2.43. The average molecular weight is 393 g/mol. The van der Waals surface area contributed by atoms with E-state index in [1.54, 1.807) is 12.1 Å². The van der Waals surface area contributed by atoms with Crippen molar-refractivity contribution in [3.05, 3.63) is 15.9 Å². The molecule has 0 atom stereocenters. The smallest absolute Gasteiger partial charge is 0.252 e. The van der Waals surface area contributed by atoms with Crippen LogP contribution in [0.1, 0.15) is 25.7 Å². The van der Waals surface area contributed by atoms with E-state index in [1.165, 1.54) is 15.6 Å². The van der Waals surface area contributed by atoms with Crippen molar-refractivity contribution in [1.29, 1.82) is 0 Å². The maximum atomic E-state index is 12.5. The number of sulfonamides is 1. The van der Waals surface area contributed by atoms with Gasteiger partial charge in [-0.25, -0.2) is 8.42 Å². The Balaban J connectivity index is 1.61. The third-order valence-electron chi connectivity index (χ3n) is 3.89. The first kappa shape index (κ1) is 15.5. The van der Waals surface area contributed by atoms with Crippen molar-refractivity contribution >= 4 is 43.2 Å². The van der Waals surface area contributed by atoms with Crippen LogP contribution in [0.25, 0.3) is 0 Å². The van der Waals surface area contributed by atoms with Crippen LogP contribution in [0, 0.1) is 5.92 Å². The summed E-state index contributed by atoms with van der Waals surface area (Å²) in [5.74, 6) is 0.0422. The average Bonchev–Trinajstić information content (AvgIpc) is 3.16. The van der Waals surface area contributed by atoms with Crippen LogP contribution in [0.5, 0.6) is 0 Å². The van der Waals surface area contributed by atoms with E-state index >= 15 is 0 Å². The molecule has 0 bridgehead atoms. The fourth-order valence-corrected chi connectivity index (χ4v) is 6.10. The molecule has 0 aromatic carbocycles. The third-order valence-corrected chi connectivity index (χ3v) is 7.88. The Kier molecular flexibility index (Phi) is 4.40. The number of rotatable bonds is 4. The van der Waals surface area contributed by atoms with Gasteiger partial charge in [0, 0.05) is 25.0 Å². The first-order valence-corrected chi connectivity index (χ1v) is 10.1. The minimum absolute atomic E-state index is 0.0490. The number of carbonyl (C=O) groups excluding carboxylic acids is 1. The number of hydrogen-bond donors (Lipinski definition) is 1. The number of nitrogens with one attached hydrogen (secondary N) is 1. The van der Waals surface area contributed by atoms with Crippen LogP contribution >= 0.6 is 27.3 Å². The van der Waals surface area contributed by atoms with Crippen molar-refractivity contribution < 1.29 is 13.2 Å². The summed E-state index contributed by atoms with van der Waals surface area (Å²) in [7, 11) is -3.41. The van der Waals surface area contributed by atoms with Crippen LogP contribution in [-0.2, 0) is 14.8 Å². The fraction of sp³-hybridized carbons (Fsp3) is 0.615. The summed E-state index contributed by atoms with van der Waals surface area (Å²) < 4.78 is 27.6. The van der Waals surface area contributed by atoms with Gasteiger partial charge in [0.2, 0.25) is 5.91 Å². The molecule has 8 heteroatoms. The molecule has 0 spiro atoms. The number of piperidine rings is 1. The first-order chi connectivity index (χ1) is 9.96. The summed E-state index contributed by atoms with van der Waals surface area (Å²) >= 11 is 4.51. The molecule has 2 heterocycles. The highest BCUT2D eigenvalue weighted by molar-refractivity contribution is 9.11. The van der Waals surface area contributed by atoms with E-state index in [4.69, 9.17) is 0 Å². The molecule has 0 radical (unpaired) electrons. The summed E-state index contributed by atoms with van der Waals surface area (Å²) in [6.07, 6.45) is 3.35. The minimum atomic E-state index is -3.41. The van der Waals surface area contributed by atoms with Crippen LogP contribution in [0.4, 0.5) is 0 Å². The standard InChI is InChI=1S/C13H17BrN2O3S2/c14-11-3-4-12(20-11)21(18,19)16-7-5-9(6-8-16)13(17)15-10-1-2-10/h3-4,9-10H,1-2,5-8H2,(H,15,17). The van der Waals surface area contributed by atoms with Gasteiger partial charge in [-0.05, 0) is 53.7 Å².